The number of carboxylic acids is 1. The van der Waals surface area contributed by atoms with Crippen LogP contribution in [0.25, 0.3) is 0 Å². The van der Waals surface area contributed by atoms with Gasteiger partial charge in [-0.2, -0.15) is 5.10 Å². The Bertz CT molecular complexity index is 888. The molecule has 27 heavy (non-hydrogen) atoms. The van der Waals surface area contributed by atoms with Gasteiger partial charge < -0.3 is 24.4 Å². The maximum Gasteiger partial charge on any atom is 0.522 e. The van der Waals surface area contributed by atoms with Gasteiger partial charge >= 0.3 is 13.1 Å². The summed E-state index contributed by atoms with van der Waals surface area (Å²) in [6.07, 6.45) is 2.26. The second-order valence-electron chi connectivity index (χ2n) is 6.45. The highest BCUT2D eigenvalue weighted by molar-refractivity contribution is 6.44. The van der Waals surface area contributed by atoms with Crippen molar-refractivity contribution in [2.75, 3.05) is 13.1 Å². The fraction of sp³-hybridized carbons (Fsp3) is 0.294. The molecular formula is C17H17BN4O5. The SMILES string of the molecule is N=C(c1cccnn1)N1CC(Oc2ccc3c(c2C(=O)O)OB(O)CC3)C1. The summed E-state index contributed by atoms with van der Waals surface area (Å²) in [7, 11) is -1.02. The third-order valence-electron chi connectivity index (χ3n) is 4.60. The molecule has 2 aliphatic rings. The van der Waals surface area contributed by atoms with Crippen LogP contribution in [0.2, 0.25) is 6.32 Å². The van der Waals surface area contributed by atoms with Crippen molar-refractivity contribution in [3.8, 4) is 11.5 Å². The number of hydrogen-bond donors (Lipinski definition) is 3. The van der Waals surface area contributed by atoms with E-state index in [2.05, 4.69) is 10.2 Å². The van der Waals surface area contributed by atoms with Crippen LogP contribution in [0.4, 0.5) is 0 Å². The van der Waals surface area contributed by atoms with Crippen LogP contribution in [0.1, 0.15) is 21.6 Å². The van der Waals surface area contributed by atoms with E-state index in [-0.39, 0.29) is 29.0 Å². The summed E-state index contributed by atoms with van der Waals surface area (Å²) >= 11 is 0. The minimum Gasteiger partial charge on any atom is -0.535 e. The molecule has 138 valence electrons. The number of benzene rings is 1. The molecular weight excluding hydrogens is 351 g/mol. The Morgan fingerprint density at radius 2 is 2.19 bits per heavy atom. The molecule has 0 bridgehead atoms. The number of aromatic carboxylic acids is 1. The molecule has 0 spiro atoms. The van der Waals surface area contributed by atoms with Gasteiger partial charge in [-0.25, -0.2) is 4.79 Å². The Morgan fingerprint density at radius 1 is 1.37 bits per heavy atom. The highest BCUT2D eigenvalue weighted by Crippen LogP contribution is 2.37. The molecule has 0 atom stereocenters. The third-order valence-corrected chi connectivity index (χ3v) is 4.60. The average molecular weight is 368 g/mol. The van der Waals surface area contributed by atoms with Crippen LogP contribution >= 0.6 is 0 Å². The summed E-state index contributed by atoms with van der Waals surface area (Å²) in [5, 5.41) is 35.1. The van der Waals surface area contributed by atoms with Crippen LogP contribution < -0.4 is 9.39 Å². The molecule has 1 fully saturated rings. The highest BCUT2D eigenvalue weighted by atomic mass is 16.5. The van der Waals surface area contributed by atoms with Crippen LogP contribution in [0, 0.1) is 5.41 Å². The summed E-state index contributed by atoms with van der Waals surface area (Å²) in [5.41, 5.74) is 1.14. The van der Waals surface area contributed by atoms with Crippen molar-refractivity contribution in [2.24, 2.45) is 0 Å². The van der Waals surface area contributed by atoms with Crippen LogP contribution in [0.15, 0.2) is 30.5 Å². The number of rotatable bonds is 4. The van der Waals surface area contributed by atoms with Gasteiger partial charge in [-0.15, -0.1) is 5.10 Å². The number of carboxylic acid groups (broad SMARTS) is 1. The van der Waals surface area contributed by atoms with E-state index in [1.165, 1.54) is 0 Å². The normalized spacial score (nSPS) is 16.2. The summed E-state index contributed by atoms with van der Waals surface area (Å²) in [5.74, 6) is -0.550. The second kappa shape index (κ2) is 6.88. The number of hydrogen-bond acceptors (Lipinski definition) is 7. The molecule has 0 saturated carbocycles. The molecule has 0 unspecified atom stereocenters. The lowest BCUT2D eigenvalue weighted by Gasteiger charge is -2.40. The molecule has 9 nitrogen and oxygen atoms in total. The third kappa shape index (κ3) is 3.31. The van der Waals surface area contributed by atoms with Crippen molar-refractivity contribution in [1.82, 2.24) is 15.1 Å². The van der Waals surface area contributed by atoms with Gasteiger partial charge in [0.15, 0.2) is 0 Å². The van der Waals surface area contributed by atoms with Crippen molar-refractivity contribution in [2.45, 2.75) is 18.8 Å². The minimum absolute atomic E-state index is 0.0753. The zero-order chi connectivity index (χ0) is 19.0. The fourth-order valence-corrected chi connectivity index (χ4v) is 3.18. The van der Waals surface area contributed by atoms with E-state index in [0.717, 1.165) is 5.56 Å². The molecule has 0 amide bonds. The number of nitrogens with one attached hydrogen (secondary N) is 1. The predicted molar refractivity (Wildman–Crippen MR) is 95.4 cm³/mol. The Hall–Kier alpha value is -3.14. The summed E-state index contributed by atoms with van der Waals surface area (Å²) in [6, 6.07) is 6.81. The van der Waals surface area contributed by atoms with E-state index in [4.69, 9.17) is 14.8 Å². The second-order valence-corrected chi connectivity index (χ2v) is 6.45. The van der Waals surface area contributed by atoms with Gasteiger partial charge in [-0.05, 0) is 36.5 Å². The maximum absolute atomic E-state index is 11.7. The van der Waals surface area contributed by atoms with Gasteiger partial charge in [0, 0.05) is 6.20 Å². The fourth-order valence-electron chi connectivity index (χ4n) is 3.18. The number of likely N-dealkylation sites (tertiary alicyclic amines) is 1. The summed E-state index contributed by atoms with van der Waals surface area (Å²) in [4.78, 5) is 13.5. The minimum atomic E-state index is -1.17. The lowest BCUT2D eigenvalue weighted by Crippen LogP contribution is -2.56. The van der Waals surface area contributed by atoms with Crippen molar-refractivity contribution >= 4 is 18.9 Å². The molecule has 4 rings (SSSR count). The first-order valence-corrected chi connectivity index (χ1v) is 8.55. The van der Waals surface area contributed by atoms with Gasteiger partial charge in [0.05, 0.1) is 13.1 Å². The van der Waals surface area contributed by atoms with Crippen LogP contribution in [-0.4, -0.2) is 63.3 Å². The molecule has 1 aromatic carbocycles. The zero-order valence-electron chi connectivity index (χ0n) is 14.3. The van der Waals surface area contributed by atoms with Crippen LogP contribution in [0.5, 0.6) is 11.5 Å². The van der Waals surface area contributed by atoms with E-state index < -0.39 is 13.1 Å². The number of carbonyl (C=O) groups is 1. The van der Waals surface area contributed by atoms with Gasteiger partial charge in [-0.3, -0.25) is 5.41 Å². The molecule has 2 aliphatic heterocycles. The highest BCUT2D eigenvalue weighted by Gasteiger charge is 2.35. The number of aryl methyl sites for hydroxylation is 1. The zero-order valence-corrected chi connectivity index (χ0v) is 14.3. The first kappa shape index (κ1) is 17.3. The van der Waals surface area contributed by atoms with E-state index in [9.17, 15) is 14.9 Å². The van der Waals surface area contributed by atoms with Crippen LogP contribution in [0.3, 0.4) is 0 Å². The van der Waals surface area contributed by atoms with Gasteiger partial charge in [0.25, 0.3) is 0 Å². The standard InChI is InChI=1S/C17H17BN4O5/c19-16(12-2-1-7-20-21-12)22-8-11(9-22)26-13-4-3-10-5-6-18(25)27-15(10)14(13)17(23)24/h1-4,7,11,19,25H,5-6,8-9H2,(H,23,24). The molecule has 3 heterocycles. The monoisotopic (exact) mass is 368 g/mol. The predicted octanol–water partition coefficient (Wildman–Crippen LogP) is 0.679. The Balaban J connectivity index is 1.47. The Morgan fingerprint density at radius 3 is 2.89 bits per heavy atom. The number of aromatic nitrogens is 2. The van der Waals surface area contributed by atoms with Crippen LogP contribution in [-0.2, 0) is 6.42 Å². The van der Waals surface area contributed by atoms with Crippen molar-refractivity contribution in [1.29, 1.82) is 5.41 Å². The van der Waals surface area contributed by atoms with Crippen molar-refractivity contribution in [3.05, 3.63) is 47.3 Å². The van der Waals surface area contributed by atoms with E-state index in [1.54, 1.807) is 35.4 Å². The number of ether oxygens (including phenoxy) is 1. The quantitative estimate of drug-likeness (QED) is 0.408. The van der Waals surface area contributed by atoms with Gasteiger partial charge in [-0.1, -0.05) is 6.07 Å². The lowest BCUT2D eigenvalue weighted by molar-refractivity contribution is 0.0596. The summed E-state index contributed by atoms with van der Waals surface area (Å²) in [6.45, 7) is 0.879. The molecule has 1 saturated heterocycles. The number of amidine groups is 1. The molecule has 0 radical (unpaired) electrons. The Kier molecular flexibility index (Phi) is 4.40. The maximum atomic E-state index is 11.7. The molecule has 3 N–H and O–H groups in total. The first-order valence-electron chi connectivity index (χ1n) is 8.55. The molecule has 2 aromatic rings. The molecule has 0 aliphatic carbocycles. The van der Waals surface area contributed by atoms with E-state index in [0.29, 0.717) is 31.5 Å². The smallest absolute Gasteiger partial charge is 0.522 e. The summed E-state index contributed by atoms with van der Waals surface area (Å²) < 4.78 is 11.2. The van der Waals surface area contributed by atoms with E-state index >= 15 is 0 Å². The molecule has 1 aromatic heterocycles. The number of fused-ring (bicyclic) bond motifs is 1. The largest absolute Gasteiger partial charge is 0.535 e. The first-order chi connectivity index (χ1) is 13.0. The van der Waals surface area contributed by atoms with E-state index in [1.807, 2.05) is 0 Å². The molecule has 10 heteroatoms. The van der Waals surface area contributed by atoms with Crippen molar-refractivity contribution in [3.63, 3.8) is 0 Å². The lowest BCUT2D eigenvalue weighted by atomic mass is 9.78. The van der Waals surface area contributed by atoms with Gasteiger partial charge in [0.2, 0.25) is 0 Å². The Labute approximate surface area is 155 Å². The number of nitrogens with zero attached hydrogens (tertiary/aromatic N) is 3. The topological polar surface area (TPSA) is 129 Å². The van der Waals surface area contributed by atoms with Gasteiger partial charge in [0.1, 0.15) is 34.7 Å². The average Bonchev–Trinajstić information content (AvgIpc) is 2.63. The van der Waals surface area contributed by atoms with Crippen molar-refractivity contribution < 1.29 is 24.3 Å².